The molecule has 2 aromatic carbocycles. The highest BCUT2D eigenvalue weighted by Gasteiger charge is 1.97. The van der Waals surface area contributed by atoms with Gasteiger partial charge in [-0.05, 0) is 54.8 Å². The van der Waals surface area contributed by atoms with Gasteiger partial charge in [-0.3, -0.25) is 0 Å². The maximum atomic E-state index is 8.86. The van der Waals surface area contributed by atoms with Gasteiger partial charge in [-0.2, -0.15) is 5.26 Å². The first kappa shape index (κ1) is 15.1. The Morgan fingerprint density at radius 2 is 1.90 bits per heavy atom. The van der Waals surface area contributed by atoms with Crippen LogP contribution in [0.1, 0.15) is 23.1 Å². The lowest BCUT2D eigenvalue weighted by molar-refractivity contribution is 0.414. The van der Waals surface area contributed by atoms with Crippen LogP contribution in [-0.2, 0) is 13.0 Å². The third-order valence-electron chi connectivity index (χ3n) is 3.36. The van der Waals surface area contributed by atoms with Crippen molar-refractivity contribution in [1.29, 1.82) is 5.26 Å². The average molecular weight is 280 g/mol. The Kier molecular flexibility index (Phi) is 5.81. The molecule has 21 heavy (non-hydrogen) atoms. The van der Waals surface area contributed by atoms with E-state index in [2.05, 4.69) is 23.5 Å². The molecule has 0 unspecified atom stereocenters. The molecule has 2 rings (SSSR count). The fourth-order valence-corrected chi connectivity index (χ4v) is 2.19. The number of hydrogen-bond donors (Lipinski definition) is 1. The van der Waals surface area contributed by atoms with Gasteiger partial charge in [0.2, 0.25) is 0 Å². The topological polar surface area (TPSA) is 45.0 Å². The number of rotatable bonds is 7. The van der Waals surface area contributed by atoms with Gasteiger partial charge in [0.05, 0.1) is 18.7 Å². The van der Waals surface area contributed by atoms with E-state index >= 15 is 0 Å². The second-order valence-electron chi connectivity index (χ2n) is 4.94. The minimum atomic E-state index is 0.715. The van der Waals surface area contributed by atoms with Gasteiger partial charge in [0.1, 0.15) is 5.75 Å². The predicted octanol–water partition coefficient (Wildman–Crippen LogP) is 3.29. The Bertz CT molecular complexity index is 599. The van der Waals surface area contributed by atoms with Gasteiger partial charge in [0.15, 0.2) is 0 Å². The normalized spacial score (nSPS) is 10.1. The molecular weight excluding hydrogens is 260 g/mol. The van der Waals surface area contributed by atoms with Crippen LogP contribution < -0.4 is 10.1 Å². The molecule has 3 nitrogen and oxygen atoms in total. The van der Waals surface area contributed by atoms with Crippen LogP contribution in [0.15, 0.2) is 48.5 Å². The van der Waals surface area contributed by atoms with Crippen molar-refractivity contribution in [2.75, 3.05) is 13.7 Å². The molecule has 0 spiro atoms. The Morgan fingerprint density at radius 3 is 2.62 bits per heavy atom. The number of benzene rings is 2. The summed E-state index contributed by atoms with van der Waals surface area (Å²) in [5.41, 5.74) is 3.19. The molecule has 0 atom stereocenters. The average Bonchev–Trinajstić information content (AvgIpc) is 2.55. The lowest BCUT2D eigenvalue weighted by Gasteiger charge is -2.06. The van der Waals surface area contributed by atoms with Gasteiger partial charge in [-0.25, -0.2) is 0 Å². The van der Waals surface area contributed by atoms with Gasteiger partial charge in [-0.15, -0.1) is 0 Å². The van der Waals surface area contributed by atoms with E-state index in [4.69, 9.17) is 10.00 Å². The van der Waals surface area contributed by atoms with Crippen LogP contribution >= 0.6 is 0 Å². The molecule has 0 aliphatic carbocycles. The molecule has 0 saturated heterocycles. The molecule has 2 aromatic rings. The lowest BCUT2D eigenvalue weighted by atomic mass is 10.1. The maximum absolute atomic E-state index is 8.86. The van der Waals surface area contributed by atoms with Crippen molar-refractivity contribution in [3.05, 3.63) is 65.2 Å². The van der Waals surface area contributed by atoms with E-state index < -0.39 is 0 Å². The molecule has 0 fully saturated rings. The van der Waals surface area contributed by atoms with Crippen molar-refractivity contribution in [3.8, 4) is 11.8 Å². The van der Waals surface area contributed by atoms with Crippen molar-refractivity contribution < 1.29 is 4.74 Å². The molecular formula is C18H20N2O. The summed E-state index contributed by atoms with van der Waals surface area (Å²) in [5.74, 6) is 0.897. The van der Waals surface area contributed by atoms with Crippen molar-refractivity contribution in [2.45, 2.75) is 19.4 Å². The number of methoxy groups -OCH3 is 1. The third-order valence-corrected chi connectivity index (χ3v) is 3.36. The number of nitrogens with one attached hydrogen (secondary N) is 1. The van der Waals surface area contributed by atoms with E-state index in [1.807, 2.05) is 36.4 Å². The molecule has 108 valence electrons. The first-order chi connectivity index (χ1) is 10.3. The molecule has 0 bridgehead atoms. The minimum Gasteiger partial charge on any atom is -0.497 e. The fourth-order valence-electron chi connectivity index (χ4n) is 2.19. The highest BCUT2D eigenvalue weighted by molar-refractivity contribution is 5.32. The predicted molar refractivity (Wildman–Crippen MR) is 84.2 cm³/mol. The molecule has 1 N–H and O–H groups in total. The molecule has 0 heterocycles. The van der Waals surface area contributed by atoms with Crippen LogP contribution in [-0.4, -0.2) is 13.7 Å². The van der Waals surface area contributed by atoms with E-state index in [0.29, 0.717) is 5.56 Å². The Hall–Kier alpha value is -2.31. The van der Waals surface area contributed by atoms with Gasteiger partial charge in [0.25, 0.3) is 0 Å². The first-order valence-corrected chi connectivity index (χ1v) is 7.14. The third kappa shape index (κ3) is 4.94. The van der Waals surface area contributed by atoms with Gasteiger partial charge in [-0.1, -0.05) is 24.3 Å². The number of aryl methyl sites for hydroxylation is 1. The van der Waals surface area contributed by atoms with Gasteiger partial charge < -0.3 is 10.1 Å². The van der Waals surface area contributed by atoms with E-state index in [1.165, 1.54) is 5.56 Å². The molecule has 0 aliphatic heterocycles. The van der Waals surface area contributed by atoms with Crippen LogP contribution in [0.25, 0.3) is 0 Å². The van der Waals surface area contributed by atoms with Crippen LogP contribution in [0.3, 0.4) is 0 Å². The second kappa shape index (κ2) is 8.08. The van der Waals surface area contributed by atoms with E-state index in [1.54, 1.807) is 7.11 Å². The number of nitrogens with zero attached hydrogens (tertiary/aromatic N) is 1. The Balaban J connectivity index is 1.68. The summed E-state index contributed by atoms with van der Waals surface area (Å²) in [6.45, 7) is 1.76. The quantitative estimate of drug-likeness (QED) is 0.792. The molecule has 0 aliphatic rings. The summed E-state index contributed by atoms with van der Waals surface area (Å²) < 4.78 is 5.14. The Labute approximate surface area is 126 Å². The summed E-state index contributed by atoms with van der Waals surface area (Å²) in [4.78, 5) is 0. The van der Waals surface area contributed by atoms with Gasteiger partial charge in [0, 0.05) is 6.54 Å². The van der Waals surface area contributed by atoms with E-state index in [-0.39, 0.29) is 0 Å². The smallest absolute Gasteiger partial charge is 0.118 e. The first-order valence-electron chi connectivity index (χ1n) is 7.14. The molecule has 0 aromatic heterocycles. The summed E-state index contributed by atoms with van der Waals surface area (Å²) in [6.07, 6.45) is 2.14. The highest BCUT2D eigenvalue weighted by Crippen LogP contribution is 2.12. The van der Waals surface area contributed by atoms with Crippen LogP contribution in [0.4, 0.5) is 0 Å². The lowest BCUT2D eigenvalue weighted by Crippen LogP contribution is -2.15. The van der Waals surface area contributed by atoms with Crippen LogP contribution in [0.2, 0.25) is 0 Å². The minimum absolute atomic E-state index is 0.715. The highest BCUT2D eigenvalue weighted by atomic mass is 16.5. The molecule has 0 saturated carbocycles. The standard InChI is InChI=1S/C18H20N2O/c1-21-18-9-7-15(8-10-18)6-3-11-20-14-17-5-2-4-16(12-17)13-19/h2,4-5,7-10,12,20H,3,6,11,14H2,1H3. The van der Waals surface area contributed by atoms with E-state index in [0.717, 1.165) is 37.2 Å². The zero-order valence-electron chi connectivity index (χ0n) is 12.3. The fraction of sp³-hybridized carbons (Fsp3) is 0.278. The maximum Gasteiger partial charge on any atom is 0.118 e. The van der Waals surface area contributed by atoms with Crippen molar-refractivity contribution >= 4 is 0 Å². The zero-order chi connectivity index (χ0) is 14.9. The van der Waals surface area contributed by atoms with Crippen LogP contribution in [0, 0.1) is 11.3 Å². The van der Waals surface area contributed by atoms with Gasteiger partial charge >= 0.3 is 0 Å². The SMILES string of the molecule is COc1ccc(CCCNCc2cccc(C#N)c2)cc1. The largest absolute Gasteiger partial charge is 0.497 e. The Morgan fingerprint density at radius 1 is 1.10 bits per heavy atom. The number of hydrogen-bond acceptors (Lipinski definition) is 3. The van der Waals surface area contributed by atoms with E-state index in [9.17, 15) is 0 Å². The number of ether oxygens (including phenoxy) is 1. The summed E-state index contributed by atoms with van der Waals surface area (Å²) in [5, 5.41) is 12.3. The summed E-state index contributed by atoms with van der Waals surface area (Å²) in [7, 11) is 1.68. The zero-order valence-corrected chi connectivity index (χ0v) is 12.3. The molecule has 3 heteroatoms. The summed E-state index contributed by atoms with van der Waals surface area (Å²) in [6, 6.07) is 18.1. The monoisotopic (exact) mass is 280 g/mol. The molecule has 0 radical (unpaired) electrons. The van der Waals surface area contributed by atoms with Crippen molar-refractivity contribution in [1.82, 2.24) is 5.32 Å². The van der Waals surface area contributed by atoms with Crippen molar-refractivity contribution in [2.24, 2.45) is 0 Å². The van der Waals surface area contributed by atoms with Crippen LogP contribution in [0.5, 0.6) is 5.75 Å². The molecule has 0 amide bonds. The number of nitriles is 1. The second-order valence-corrected chi connectivity index (χ2v) is 4.94. The van der Waals surface area contributed by atoms with Crippen molar-refractivity contribution in [3.63, 3.8) is 0 Å². The summed E-state index contributed by atoms with van der Waals surface area (Å²) >= 11 is 0.